The van der Waals surface area contributed by atoms with Gasteiger partial charge < -0.3 is 20.2 Å². The predicted octanol–water partition coefficient (Wildman–Crippen LogP) is 6.87. The molecule has 0 aromatic heterocycles. The minimum atomic E-state index is -0.502. The molecule has 7 nitrogen and oxygen atoms in total. The zero-order valence-corrected chi connectivity index (χ0v) is 22.2. The number of aromatic hydroxyl groups is 3. The molecule has 2 aromatic rings. The van der Waals surface area contributed by atoms with E-state index in [-0.39, 0.29) is 46.4 Å². The molecular formula is C30H36N2O5. The van der Waals surface area contributed by atoms with Crippen LogP contribution in [0.4, 0.5) is 17.1 Å². The Morgan fingerprint density at radius 2 is 1.49 bits per heavy atom. The van der Waals surface area contributed by atoms with E-state index in [1.165, 1.54) is 47.2 Å². The zero-order chi connectivity index (χ0) is 27.3. The average molecular weight is 505 g/mol. The van der Waals surface area contributed by atoms with E-state index in [1.807, 2.05) is 13.0 Å². The van der Waals surface area contributed by atoms with Gasteiger partial charge >= 0.3 is 0 Å². The Morgan fingerprint density at radius 1 is 0.838 bits per heavy atom. The van der Waals surface area contributed by atoms with Crippen LogP contribution in [0.15, 0.2) is 65.3 Å². The Morgan fingerprint density at radius 3 is 2.14 bits per heavy atom. The molecular weight excluding hydrogens is 468 g/mol. The first-order chi connectivity index (χ1) is 17.5. The van der Waals surface area contributed by atoms with Gasteiger partial charge in [-0.05, 0) is 65.5 Å². The lowest BCUT2D eigenvalue weighted by molar-refractivity contribution is -0.115. The van der Waals surface area contributed by atoms with Gasteiger partial charge in [-0.2, -0.15) is 0 Å². The third-order valence-electron chi connectivity index (χ3n) is 6.34. The van der Waals surface area contributed by atoms with Gasteiger partial charge in [-0.25, -0.2) is 0 Å². The number of anilines is 3. The molecule has 0 bridgehead atoms. The number of hydrogen-bond acceptors (Lipinski definition) is 5. The maximum atomic E-state index is 13.7. The van der Waals surface area contributed by atoms with Gasteiger partial charge in [0.2, 0.25) is 5.91 Å². The molecule has 0 spiro atoms. The van der Waals surface area contributed by atoms with E-state index in [1.54, 1.807) is 0 Å². The highest BCUT2D eigenvalue weighted by atomic mass is 16.3. The molecule has 0 saturated carbocycles. The quantitative estimate of drug-likeness (QED) is 0.341. The summed E-state index contributed by atoms with van der Waals surface area (Å²) in [6, 6.07) is 6.89. The van der Waals surface area contributed by atoms with Crippen molar-refractivity contribution in [3.05, 3.63) is 70.8 Å². The molecule has 1 heterocycles. The number of carbonyl (C=O) groups is 2. The van der Waals surface area contributed by atoms with Crippen molar-refractivity contribution in [3.8, 4) is 17.2 Å². The Bertz CT molecular complexity index is 1290. The lowest BCUT2D eigenvalue weighted by Gasteiger charge is -2.26. The maximum Gasteiger partial charge on any atom is 0.260 e. The van der Waals surface area contributed by atoms with Gasteiger partial charge in [0, 0.05) is 25.6 Å². The highest BCUT2D eigenvalue weighted by Crippen LogP contribution is 2.50. The molecule has 0 atom stereocenters. The van der Waals surface area contributed by atoms with Crippen LogP contribution in [0.2, 0.25) is 0 Å². The van der Waals surface area contributed by atoms with E-state index in [0.717, 1.165) is 42.2 Å². The van der Waals surface area contributed by atoms with Crippen LogP contribution < -0.4 is 9.80 Å². The molecule has 0 unspecified atom stereocenters. The number of para-hydroxylation sites is 1. The number of benzene rings is 2. The second kappa shape index (κ2) is 11.8. The molecule has 0 radical (unpaired) electrons. The molecule has 37 heavy (non-hydrogen) atoms. The lowest BCUT2D eigenvalue weighted by Crippen LogP contribution is -2.30. The maximum absolute atomic E-state index is 13.7. The lowest BCUT2D eigenvalue weighted by atomic mass is 10.1. The summed E-state index contributed by atoms with van der Waals surface area (Å²) in [4.78, 5) is 28.9. The first-order valence-corrected chi connectivity index (χ1v) is 12.5. The Balaban J connectivity index is 1.93. The number of carbonyl (C=O) groups excluding carboxylic acids is 2. The third-order valence-corrected chi connectivity index (χ3v) is 6.34. The van der Waals surface area contributed by atoms with Crippen molar-refractivity contribution in [2.24, 2.45) is 0 Å². The van der Waals surface area contributed by atoms with Crippen LogP contribution in [-0.2, 0) is 4.79 Å². The third kappa shape index (κ3) is 6.42. The van der Waals surface area contributed by atoms with Crippen molar-refractivity contribution in [3.63, 3.8) is 0 Å². The van der Waals surface area contributed by atoms with Crippen molar-refractivity contribution in [2.75, 3.05) is 16.3 Å². The Kier molecular flexibility index (Phi) is 8.81. The normalized spacial score (nSPS) is 13.7. The fourth-order valence-corrected chi connectivity index (χ4v) is 4.41. The van der Waals surface area contributed by atoms with Gasteiger partial charge in [0.1, 0.15) is 28.6 Å². The standard InChI is InChI=1S/C30H36N2O5/c1-19(2)9-6-10-20(3)11-7-12-21(4)15-16-31-25-17-23(34)18-27(36)29(25)32(22(5)33)28-24(30(31)37)13-8-14-26(28)35/h8-9,11,13-15,17-18,34-36H,6-7,10,12,16H2,1-5H3. The summed E-state index contributed by atoms with van der Waals surface area (Å²) in [5.41, 5.74) is 4.06. The SMILES string of the molecule is CC(=O)N1c2c(O)cccc2C(=O)N(CC=C(C)CCC=C(C)CCC=C(C)C)c2cc(O)cc(O)c21. The minimum Gasteiger partial charge on any atom is -0.508 e. The average Bonchev–Trinajstić information content (AvgIpc) is 2.91. The topological polar surface area (TPSA) is 101 Å². The van der Waals surface area contributed by atoms with E-state index < -0.39 is 11.8 Å². The van der Waals surface area contributed by atoms with Crippen LogP contribution in [-0.4, -0.2) is 33.7 Å². The second-order valence-electron chi connectivity index (χ2n) is 9.74. The van der Waals surface area contributed by atoms with Gasteiger partial charge in [-0.15, -0.1) is 0 Å². The van der Waals surface area contributed by atoms with Crippen molar-refractivity contribution >= 4 is 28.9 Å². The van der Waals surface area contributed by atoms with E-state index in [4.69, 9.17) is 0 Å². The van der Waals surface area contributed by atoms with Gasteiger partial charge in [-0.1, -0.05) is 41.0 Å². The van der Waals surface area contributed by atoms with Crippen LogP contribution in [0, 0.1) is 0 Å². The van der Waals surface area contributed by atoms with Crippen molar-refractivity contribution in [2.45, 2.75) is 60.3 Å². The molecule has 196 valence electrons. The van der Waals surface area contributed by atoms with Crippen LogP contribution >= 0.6 is 0 Å². The van der Waals surface area contributed by atoms with E-state index in [2.05, 4.69) is 32.9 Å². The minimum absolute atomic E-state index is 0.000773. The molecule has 1 aliphatic heterocycles. The molecule has 0 aliphatic carbocycles. The van der Waals surface area contributed by atoms with E-state index >= 15 is 0 Å². The molecule has 1 aliphatic rings. The van der Waals surface area contributed by atoms with Gasteiger partial charge in [0.15, 0.2) is 0 Å². The molecule has 7 heteroatoms. The number of amides is 2. The molecule has 2 amide bonds. The highest BCUT2D eigenvalue weighted by Gasteiger charge is 2.36. The van der Waals surface area contributed by atoms with Crippen molar-refractivity contribution in [1.29, 1.82) is 0 Å². The number of rotatable bonds is 8. The van der Waals surface area contributed by atoms with E-state index in [0.29, 0.717) is 0 Å². The second-order valence-corrected chi connectivity index (χ2v) is 9.74. The van der Waals surface area contributed by atoms with Crippen LogP contribution in [0.25, 0.3) is 0 Å². The predicted molar refractivity (Wildman–Crippen MR) is 148 cm³/mol. The first-order valence-electron chi connectivity index (χ1n) is 12.5. The summed E-state index contributed by atoms with van der Waals surface area (Å²) in [5.74, 6) is -1.85. The number of phenols is 3. The van der Waals surface area contributed by atoms with Gasteiger partial charge in [0.25, 0.3) is 5.91 Å². The Labute approximate surface area is 218 Å². The number of hydrogen-bond donors (Lipinski definition) is 3. The summed E-state index contributed by atoms with van der Waals surface area (Å²) >= 11 is 0. The number of nitrogens with zero attached hydrogens (tertiary/aromatic N) is 2. The summed E-state index contributed by atoms with van der Waals surface area (Å²) in [5, 5.41) is 31.6. The number of phenolic OH excluding ortho intramolecular Hbond substituents is 3. The van der Waals surface area contributed by atoms with Crippen molar-refractivity contribution < 1.29 is 24.9 Å². The summed E-state index contributed by atoms with van der Waals surface area (Å²) in [6.07, 6.45) is 10.2. The zero-order valence-electron chi connectivity index (χ0n) is 22.2. The number of allylic oxidation sites excluding steroid dienone is 5. The highest BCUT2D eigenvalue weighted by molar-refractivity contribution is 6.20. The van der Waals surface area contributed by atoms with E-state index in [9.17, 15) is 24.9 Å². The largest absolute Gasteiger partial charge is 0.508 e. The van der Waals surface area contributed by atoms with Crippen molar-refractivity contribution in [1.82, 2.24) is 0 Å². The Hall–Kier alpha value is -4.00. The van der Waals surface area contributed by atoms with Gasteiger partial charge in [0.05, 0.1) is 11.3 Å². The van der Waals surface area contributed by atoms with Crippen LogP contribution in [0.3, 0.4) is 0 Å². The molecule has 0 saturated heterocycles. The first kappa shape index (κ1) is 27.6. The summed E-state index contributed by atoms with van der Waals surface area (Å²) in [7, 11) is 0. The summed E-state index contributed by atoms with van der Waals surface area (Å²) < 4.78 is 0. The van der Waals surface area contributed by atoms with Crippen LogP contribution in [0.5, 0.6) is 17.2 Å². The summed E-state index contributed by atoms with van der Waals surface area (Å²) in [6.45, 7) is 9.77. The van der Waals surface area contributed by atoms with Crippen LogP contribution in [0.1, 0.15) is 70.7 Å². The van der Waals surface area contributed by atoms with Gasteiger partial charge in [-0.3, -0.25) is 14.5 Å². The molecule has 2 aromatic carbocycles. The fourth-order valence-electron chi connectivity index (χ4n) is 4.41. The molecule has 0 fully saturated rings. The monoisotopic (exact) mass is 504 g/mol. The number of fused-ring (bicyclic) bond motifs is 2. The molecule has 3 rings (SSSR count). The smallest absolute Gasteiger partial charge is 0.260 e. The molecule has 3 N–H and O–H groups in total. The fraction of sp³-hybridized carbons (Fsp3) is 0.333.